The van der Waals surface area contributed by atoms with E-state index < -0.39 is 5.82 Å². The number of nitrogens with one attached hydrogen (secondary N) is 1. The topological polar surface area (TPSA) is 106 Å². The fourth-order valence-corrected chi connectivity index (χ4v) is 4.49. The Bertz CT molecular complexity index is 1280. The number of aromatic nitrogens is 3. The average Bonchev–Trinajstić information content (AvgIpc) is 3.51. The van der Waals surface area contributed by atoms with E-state index in [0.29, 0.717) is 42.8 Å². The Balaban J connectivity index is 1.20. The highest BCUT2D eigenvalue weighted by Gasteiger charge is 2.42. The largest absolute Gasteiger partial charge is 0.338 e. The standard InChI is InChI=1S/C23H19FN6O2/c24-19-7-14(9-25)1-2-15(19)4-6-22(31)29-10-17-12-30(13-18(17)11-29)23(32)16-3-5-20-21(8-16)27-28-26-20/h1-8,17-18H,10-13H2,(H,26,27,28). The lowest BCUT2D eigenvalue weighted by Crippen LogP contribution is -2.35. The van der Waals surface area contributed by atoms with Crippen molar-refractivity contribution in [2.45, 2.75) is 0 Å². The quantitative estimate of drug-likeness (QED) is 0.642. The Labute approximate surface area is 182 Å². The first-order valence-corrected chi connectivity index (χ1v) is 10.3. The summed E-state index contributed by atoms with van der Waals surface area (Å²) in [6.07, 6.45) is 2.80. The number of benzene rings is 2. The van der Waals surface area contributed by atoms with E-state index in [1.807, 2.05) is 11.0 Å². The summed E-state index contributed by atoms with van der Waals surface area (Å²) in [5, 5.41) is 19.4. The van der Waals surface area contributed by atoms with Crippen LogP contribution in [0.4, 0.5) is 4.39 Å². The molecule has 2 aliphatic rings. The summed E-state index contributed by atoms with van der Waals surface area (Å²) in [6, 6.07) is 11.3. The summed E-state index contributed by atoms with van der Waals surface area (Å²) in [6.45, 7) is 2.32. The molecule has 2 amide bonds. The molecule has 3 aromatic rings. The molecular formula is C23H19FN6O2. The fraction of sp³-hybridized carbons (Fsp3) is 0.261. The van der Waals surface area contributed by atoms with Crippen molar-refractivity contribution in [2.24, 2.45) is 11.8 Å². The zero-order valence-electron chi connectivity index (χ0n) is 17.0. The second-order valence-electron chi connectivity index (χ2n) is 8.18. The first-order chi connectivity index (χ1) is 15.5. The number of nitrogens with zero attached hydrogens (tertiary/aromatic N) is 5. The van der Waals surface area contributed by atoms with Gasteiger partial charge in [0.25, 0.3) is 5.91 Å². The third kappa shape index (κ3) is 3.60. The zero-order chi connectivity index (χ0) is 22.2. The molecule has 2 unspecified atom stereocenters. The highest BCUT2D eigenvalue weighted by atomic mass is 19.1. The summed E-state index contributed by atoms with van der Waals surface area (Å²) < 4.78 is 14.0. The van der Waals surface area contributed by atoms with Crippen molar-refractivity contribution in [2.75, 3.05) is 26.2 Å². The summed E-state index contributed by atoms with van der Waals surface area (Å²) >= 11 is 0. The van der Waals surface area contributed by atoms with Gasteiger partial charge in [-0.25, -0.2) is 4.39 Å². The van der Waals surface area contributed by atoms with Crippen molar-refractivity contribution in [3.8, 4) is 6.07 Å². The number of H-pyrrole nitrogens is 1. The highest BCUT2D eigenvalue weighted by Crippen LogP contribution is 2.32. The summed E-state index contributed by atoms with van der Waals surface area (Å²) in [5.74, 6) is -0.322. The number of carbonyl (C=O) groups is 2. The first-order valence-electron chi connectivity index (χ1n) is 10.3. The second kappa shape index (κ2) is 7.89. The van der Waals surface area contributed by atoms with Crippen molar-refractivity contribution in [3.05, 3.63) is 65.0 Å². The molecule has 2 saturated heterocycles. The second-order valence-corrected chi connectivity index (χ2v) is 8.18. The Morgan fingerprint density at radius 2 is 1.75 bits per heavy atom. The number of halogens is 1. The lowest BCUT2D eigenvalue weighted by atomic mass is 10.0. The van der Waals surface area contributed by atoms with Gasteiger partial charge in [-0.2, -0.15) is 20.7 Å². The van der Waals surface area contributed by atoms with Crippen LogP contribution in [-0.4, -0.2) is 63.2 Å². The molecule has 5 rings (SSSR count). The smallest absolute Gasteiger partial charge is 0.253 e. The average molecular weight is 430 g/mol. The van der Waals surface area contributed by atoms with Gasteiger partial charge in [0.15, 0.2) is 0 Å². The van der Waals surface area contributed by atoms with Gasteiger partial charge in [-0.3, -0.25) is 9.59 Å². The van der Waals surface area contributed by atoms with Gasteiger partial charge in [-0.15, -0.1) is 0 Å². The molecule has 3 heterocycles. The van der Waals surface area contributed by atoms with Gasteiger partial charge in [0.05, 0.1) is 11.6 Å². The molecule has 0 saturated carbocycles. The number of hydrogen-bond donors (Lipinski definition) is 1. The molecule has 2 fully saturated rings. The zero-order valence-corrected chi connectivity index (χ0v) is 17.0. The molecule has 2 aromatic carbocycles. The predicted molar refractivity (Wildman–Crippen MR) is 114 cm³/mol. The first kappa shape index (κ1) is 19.9. The van der Waals surface area contributed by atoms with E-state index >= 15 is 0 Å². The number of aromatic amines is 1. The number of rotatable bonds is 3. The summed E-state index contributed by atoms with van der Waals surface area (Å²) in [4.78, 5) is 29.1. The maximum atomic E-state index is 14.0. The Morgan fingerprint density at radius 1 is 1.03 bits per heavy atom. The van der Waals surface area contributed by atoms with E-state index in [0.717, 1.165) is 6.07 Å². The van der Waals surface area contributed by atoms with Gasteiger partial charge in [0.2, 0.25) is 5.91 Å². The van der Waals surface area contributed by atoms with Crippen molar-refractivity contribution < 1.29 is 14.0 Å². The van der Waals surface area contributed by atoms with Crippen molar-refractivity contribution in [1.29, 1.82) is 5.26 Å². The highest BCUT2D eigenvalue weighted by molar-refractivity contribution is 5.97. The fourth-order valence-electron chi connectivity index (χ4n) is 4.49. The van der Waals surface area contributed by atoms with Gasteiger partial charge in [-0.05, 0) is 36.4 Å². The minimum atomic E-state index is -0.538. The van der Waals surface area contributed by atoms with Crippen LogP contribution in [0, 0.1) is 29.0 Å². The van der Waals surface area contributed by atoms with Crippen LogP contribution in [0.1, 0.15) is 21.5 Å². The lowest BCUT2D eigenvalue weighted by Gasteiger charge is -2.21. The van der Waals surface area contributed by atoms with Crippen molar-refractivity contribution in [3.63, 3.8) is 0 Å². The predicted octanol–water partition coefficient (Wildman–Crippen LogP) is 2.21. The third-order valence-electron chi connectivity index (χ3n) is 6.18. The molecule has 9 heteroatoms. The van der Waals surface area contributed by atoms with E-state index in [-0.39, 0.29) is 34.8 Å². The Morgan fingerprint density at radius 3 is 2.47 bits per heavy atom. The maximum absolute atomic E-state index is 14.0. The van der Waals surface area contributed by atoms with Crippen molar-refractivity contribution >= 4 is 28.9 Å². The molecule has 2 aliphatic heterocycles. The van der Waals surface area contributed by atoms with E-state index in [2.05, 4.69) is 15.4 Å². The molecule has 0 aliphatic carbocycles. The maximum Gasteiger partial charge on any atom is 0.253 e. The van der Waals surface area contributed by atoms with Gasteiger partial charge in [0.1, 0.15) is 16.9 Å². The number of hydrogen-bond acceptors (Lipinski definition) is 5. The third-order valence-corrected chi connectivity index (χ3v) is 6.18. The van der Waals surface area contributed by atoms with Crippen LogP contribution < -0.4 is 0 Å². The van der Waals surface area contributed by atoms with Crippen LogP contribution >= 0.6 is 0 Å². The van der Waals surface area contributed by atoms with E-state index in [1.165, 1.54) is 24.3 Å². The molecule has 0 bridgehead atoms. The van der Waals surface area contributed by atoms with Crippen LogP contribution in [0.15, 0.2) is 42.5 Å². The van der Waals surface area contributed by atoms with Crippen LogP contribution in [0.25, 0.3) is 17.1 Å². The molecule has 1 aromatic heterocycles. The molecule has 32 heavy (non-hydrogen) atoms. The summed E-state index contributed by atoms with van der Waals surface area (Å²) in [7, 11) is 0. The number of carbonyl (C=O) groups excluding carboxylic acids is 2. The number of fused-ring (bicyclic) bond motifs is 2. The molecule has 1 N–H and O–H groups in total. The van der Waals surface area contributed by atoms with Crippen LogP contribution in [-0.2, 0) is 4.79 Å². The van der Waals surface area contributed by atoms with Crippen LogP contribution in [0.5, 0.6) is 0 Å². The van der Waals surface area contributed by atoms with Gasteiger partial charge < -0.3 is 9.80 Å². The van der Waals surface area contributed by atoms with Crippen molar-refractivity contribution in [1.82, 2.24) is 25.2 Å². The lowest BCUT2D eigenvalue weighted by molar-refractivity contribution is -0.125. The molecule has 2 atom stereocenters. The number of nitriles is 1. The Hall–Kier alpha value is -4.06. The molecule has 160 valence electrons. The van der Waals surface area contributed by atoms with E-state index in [9.17, 15) is 14.0 Å². The minimum Gasteiger partial charge on any atom is -0.338 e. The molecular weight excluding hydrogens is 411 g/mol. The van der Waals surface area contributed by atoms with Crippen LogP contribution in [0.2, 0.25) is 0 Å². The Kier molecular flexibility index (Phi) is 4.90. The SMILES string of the molecule is N#Cc1ccc(C=CC(=O)N2CC3CN(C(=O)c4ccc5n[nH]nc5c4)CC3C2)c(F)c1. The minimum absolute atomic E-state index is 0.0432. The molecule has 0 radical (unpaired) electrons. The monoisotopic (exact) mass is 430 g/mol. The molecule has 0 spiro atoms. The van der Waals surface area contributed by atoms with Gasteiger partial charge in [0, 0.05) is 55.2 Å². The van der Waals surface area contributed by atoms with Gasteiger partial charge in [-0.1, -0.05) is 6.07 Å². The number of likely N-dealkylation sites (tertiary alicyclic amines) is 2. The van der Waals surface area contributed by atoms with E-state index in [1.54, 1.807) is 23.1 Å². The van der Waals surface area contributed by atoms with E-state index in [4.69, 9.17) is 5.26 Å². The molecule has 8 nitrogen and oxygen atoms in total. The van der Waals surface area contributed by atoms with Crippen LogP contribution in [0.3, 0.4) is 0 Å². The summed E-state index contributed by atoms with van der Waals surface area (Å²) in [5.41, 5.74) is 2.43. The number of amides is 2. The van der Waals surface area contributed by atoms with Gasteiger partial charge >= 0.3 is 0 Å². The normalized spacial score (nSPS) is 20.1.